The van der Waals surface area contributed by atoms with Gasteiger partial charge in [-0.2, -0.15) is 0 Å². The zero-order valence-corrected chi connectivity index (χ0v) is 12.7. The van der Waals surface area contributed by atoms with Crippen LogP contribution in [0.15, 0.2) is 0 Å². The van der Waals surface area contributed by atoms with Crippen molar-refractivity contribution < 1.29 is 9.53 Å². The molecule has 19 heavy (non-hydrogen) atoms. The summed E-state index contributed by atoms with van der Waals surface area (Å²) < 4.78 is 5.34. The highest BCUT2D eigenvalue weighted by atomic mass is 16.5. The van der Waals surface area contributed by atoms with Crippen molar-refractivity contribution in [3.05, 3.63) is 0 Å². The number of hydrogen-bond donors (Lipinski definition) is 1. The predicted octanol–water partition coefficient (Wildman–Crippen LogP) is 2.75. The van der Waals surface area contributed by atoms with Gasteiger partial charge in [0.05, 0.1) is 13.2 Å². The van der Waals surface area contributed by atoms with Crippen LogP contribution < -0.4 is 5.32 Å². The predicted molar refractivity (Wildman–Crippen MR) is 77.6 cm³/mol. The van der Waals surface area contributed by atoms with Crippen LogP contribution in [0.5, 0.6) is 0 Å². The van der Waals surface area contributed by atoms with Gasteiger partial charge in [0, 0.05) is 0 Å². The molecule has 1 aliphatic rings. The summed E-state index contributed by atoms with van der Waals surface area (Å²) >= 11 is 0. The van der Waals surface area contributed by atoms with Gasteiger partial charge in [-0.05, 0) is 31.1 Å². The molecule has 2 unspecified atom stereocenters. The minimum atomic E-state index is -0.612. The first-order valence-electron chi connectivity index (χ1n) is 7.24. The van der Waals surface area contributed by atoms with E-state index in [1.165, 1.54) is 6.42 Å². The highest BCUT2D eigenvalue weighted by Crippen LogP contribution is 2.45. The molecule has 0 aromatic carbocycles. The normalized spacial score (nSPS) is 27.6. The van der Waals surface area contributed by atoms with Gasteiger partial charge in [0.1, 0.15) is 5.54 Å². The molecule has 0 spiro atoms. The summed E-state index contributed by atoms with van der Waals surface area (Å²) in [5, 5.41) is 3.32. The molecular formula is C16H27NO2. The smallest absolute Gasteiger partial charge is 0.326 e. The van der Waals surface area contributed by atoms with Crippen molar-refractivity contribution in [3.63, 3.8) is 0 Å². The Hall–Kier alpha value is -1.01. The molecule has 3 nitrogen and oxygen atoms in total. The van der Waals surface area contributed by atoms with Crippen molar-refractivity contribution in [2.75, 3.05) is 13.2 Å². The van der Waals surface area contributed by atoms with Crippen LogP contribution >= 0.6 is 0 Å². The summed E-state index contributed by atoms with van der Waals surface area (Å²) in [7, 11) is 0. The number of nitrogens with one attached hydrogen (secondary N) is 1. The first-order chi connectivity index (χ1) is 8.88. The molecule has 0 heterocycles. The molecule has 0 amide bonds. The average Bonchev–Trinajstić information content (AvgIpc) is 2.35. The summed E-state index contributed by atoms with van der Waals surface area (Å²) in [5.74, 6) is 2.71. The van der Waals surface area contributed by atoms with Crippen LogP contribution in [0, 0.1) is 23.7 Å². The molecule has 108 valence electrons. The van der Waals surface area contributed by atoms with E-state index in [1.807, 2.05) is 6.92 Å². The van der Waals surface area contributed by atoms with Gasteiger partial charge in [-0.25, -0.2) is 0 Å². The number of esters is 1. The van der Waals surface area contributed by atoms with E-state index < -0.39 is 5.54 Å². The highest BCUT2D eigenvalue weighted by Gasteiger charge is 2.51. The van der Waals surface area contributed by atoms with E-state index in [0.717, 1.165) is 19.3 Å². The summed E-state index contributed by atoms with van der Waals surface area (Å²) in [6.07, 6.45) is 9.44. The molecule has 1 N–H and O–H groups in total. The molecule has 0 saturated heterocycles. The van der Waals surface area contributed by atoms with Crippen LogP contribution in [-0.4, -0.2) is 24.7 Å². The molecule has 0 bridgehead atoms. The number of hydrogen-bond acceptors (Lipinski definition) is 3. The van der Waals surface area contributed by atoms with Crippen LogP contribution in [0.25, 0.3) is 0 Å². The van der Waals surface area contributed by atoms with Crippen molar-refractivity contribution in [3.8, 4) is 12.3 Å². The SMILES string of the molecule is C#CCNC1(C(=O)OCC)CCCCC1C(C)(C)C. The molecule has 0 aromatic heterocycles. The van der Waals surface area contributed by atoms with Gasteiger partial charge in [-0.1, -0.05) is 39.5 Å². The van der Waals surface area contributed by atoms with Crippen molar-refractivity contribution in [2.24, 2.45) is 11.3 Å². The first kappa shape index (κ1) is 16.0. The van der Waals surface area contributed by atoms with Crippen LogP contribution in [0.2, 0.25) is 0 Å². The molecule has 0 radical (unpaired) electrons. The summed E-state index contributed by atoms with van der Waals surface area (Å²) in [6.45, 7) is 9.24. The van der Waals surface area contributed by atoms with Crippen molar-refractivity contribution in [2.45, 2.75) is 58.9 Å². The van der Waals surface area contributed by atoms with Gasteiger partial charge in [0.2, 0.25) is 0 Å². The Kier molecular flexibility index (Phi) is 5.43. The third-order valence-electron chi connectivity index (χ3n) is 4.10. The zero-order valence-electron chi connectivity index (χ0n) is 12.7. The van der Waals surface area contributed by atoms with Gasteiger partial charge in [-0.15, -0.1) is 6.42 Å². The lowest BCUT2D eigenvalue weighted by Crippen LogP contribution is -2.62. The van der Waals surface area contributed by atoms with Crippen LogP contribution in [-0.2, 0) is 9.53 Å². The summed E-state index contributed by atoms with van der Waals surface area (Å²) in [5.41, 5.74) is -0.562. The van der Waals surface area contributed by atoms with E-state index in [2.05, 4.69) is 32.0 Å². The lowest BCUT2D eigenvalue weighted by Gasteiger charge is -2.48. The number of carbonyl (C=O) groups excluding carboxylic acids is 1. The molecule has 1 rings (SSSR count). The largest absolute Gasteiger partial charge is 0.465 e. The topological polar surface area (TPSA) is 38.3 Å². The highest BCUT2D eigenvalue weighted by molar-refractivity contribution is 5.81. The minimum absolute atomic E-state index is 0.0504. The standard InChI is InChI=1S/C16H27NO2/c1-6-12-17-16(14(18)19-7-2)11-9-8-10-13(16)15(3,4)5/h1,13,17H,7-12H2,2-5H3. The second-order valence-electron chi connectivity index (χ2n) is 6.41. The summed E-state index contributed by atoms with van der Waals surface area (Å²) in [4.78, 5) is 12.5. The Morgan fingerprint density at radius 2 is 2.16 bits per heavy atom. The molecular weight excluding hydrogens is 238 g/mol. The van der Waals surface area contributed by atoms with E-state index in [0.29, 0.717) is 13.2 Å². The fourth-order valence-electron chi connectivity index (χ4n) is 3.34. The molecule has 1 aliphatic carbocycles. The zero-order chi connectivity index (χ0) is 14.5. The molecule has 1 fully saturated rings. The molecule has 0 aliphatic heterocycles. The van der Waals surface area contributed by atoms with Gasteiger partial charge in [0.15, 0.2) is 0 Å². The van der Waals surface area contributed by atoms with Crippen molar-refractivity contribution in [1.82, 2.24) is 5.32 Å². The Balaban J connectivity index is 3.09. The average molecular weight is 265 g/mol. The Morgan fingerprint density at radius 3 is 2.68 bits per heavy atom. The van der Waals surface area contributed by atoms with E-state index >= 15 is 0 Å². The maximum Gasteiger partial charge on any atom is 0.326 e. The second-order valence-corrected chi connectivity index (χ2v) is 6.41. The fourth-order valence-corrected chi connectivity index (χ4v) is 3.34. The number of ether oxygens (including phenoxy) is 1. The van der Waals surface area contributed by atoms with E-state index in [9.17, 15) is 4.79 Å². The lowest BCUT2D eigenvalue weighted by atomic mass is 9.62. The lowest BCUT2D eigenvalue weighted by molar-refractivity contribution is -0.158. The first-order valence-corrected chi connectivity index (χ1v) is 7.24. The van der Waals surface area contributed by atoms with Crippen LogP contribution in [0.1, 0.15) is 53.4 Å². The Labute approximate surface area is 117 Å². The fraction of sp³-hybridized carbons (Fsp3) is 0.812. The third kappa shape index (κ3) is 3.51. The number of rotatable bonds is 4. The van der Waals surface area contributed by atoms with E-state index in [-0.39, 0.29) is 17.3 Å². The number of terminal acetylenes is 1. The maximum absolute atomic E-state index is 12.5. The second kappa shape index (κ2) is 6.43. The Morgan fingerprint density at radius 1 is 1.47 bits per heavy atom. The molecule has 0 aromatic rings. The van der Waals surface area contributed by atoms with Crippen LogP contribution in [0.3, 0.4) is 0 Å². The summed E-state index contributed by atoms with van der Waals surface area (Å²) in [6, 6.07) is 0. The third-order valence-corrected chi connectivity index (χ3v) is 4.10. The van der Waals surface area contributed by atoms with Gasteiger partial charge < -0.3 is 4.74 Å². The molecule has 3 heteroatoms. The van der Waals surface area contributed by atoms with Gasteiger partial charge >= 0.3 is 5.97 Å². The van der Waals surface area contributed by atoms with Crippen molar-refractivity contribution >= 4 is 5.97 Å². The quantitative estimate of drug-likeness (QED) is 0.627. The van der Waals surface area contributed by atoms with E-state index in [1.54, 1.807) is 0 Å². The van der Waals surface area contributed by atoms with Gasteiger partial charge in [0.25, 0.3) is 0 Å². The number of carbonyl (C=O) groups is 1. The monoisotopic (exact) mass is 265 g/mol. The van der Waals surface area contributed by atoms with Crippen molar-refractivity contribution in [1.29, 1.82) is 0 Å². The van der Waals surface area contributed by atoms with E-state index in [4.69, 9.17) is 11.2 Å². The molecule has 1 saturated carbocycles. The van der Waals surface area contributed by atoms with Gasteiger partial charge in [-0.3, -0.25) is 10.1 Å². The minimum Gasteiger partial charge on any atom is -0.465 e. The molecule has 2 atom stereocenters. The Bertz CT molecular complexity index is 351. The maximum atomic E-state index is 12.5. The van der Waals surface area contributed by atoms with Crippen LogP contribution in [0.4, 0.5) is 0 Å².